The quantitative estimate of drug-likeness (QED) is 0.461. The molecule has 29 heavy (non-hydrogen) atoms. The zero-order valence-electron chi connectivity index (χ0n) is 16.3. The lowest BCUT2D eigenvalue weighted by Gasteiger charge is -2.10. The van der Waals surface area contributed by atoms with E-state index >= 15 is 0 Å². The third-order valence-electron chi connectivity index (χ3n) is 5.16. The van der Waals surface area contributed by atoms with Gasteiger partial charge in [0, 0.05) is 24.1 Å². The van der Waals surface area contributed by atoms with Crippen LogP contribution in [0.25, 0.3) is 10.9 Å². The molecule has 4 rings (SSSR count). The maximum atomic E-state index is 12.4. The standard InChI is InChI=1S/C22H24N4O3/c1-26-14-19(18-7-2-3-8-20(18)26)21(27)24-25-22(28)23-11-12-29-17-10-9-15-5-4-6-16(15)13-17/h2-3,7-10,13-14H,4-6,11-12H2,1H3,(H,24,27)(H2,23,25,28). The van der Waals surface area contributed by atoms with Crippen molar-refractivity contribution in [2.45, 2.75) is 19.3 Å². The Morgan fingerprint density at radius 3 is 2.79 bits per heavy atom. The zero-order valence-corrected chi connectivity index (χ0v) is 16.3. The van der Waals surface area contributed by atoms with Gasteiger partial charge in [-0.3, -0.25) is 10.2 Å². The Morgan fingerprint density at radius 1 is 1.07 bits per heavy atom. The molecule has 150 valence electrons. The molecule has 3 aromatic rings. The number of para-hydroxylation sites is 1. The fourth-order valence-electron chi connectivity index (χ4n) is 3.72. The molecule has 0 unspecified atom stereocenters. The third-order valence-corrected chi connectivity index (χ3v) is 5.16. The lowest BCUT2D eigenvalue weighted by atomic mass is 10.1. The van der Waals surface area contributed by atoms with Crippen molar-refractivity contribution >= 4 is 22.8 Å². The Bertz CT molecular complexity index is 1060. The average molecular weight is 392 g/mol. The molecule has 1 aliphatic rings. The van der Waals surface area contributed by atoms with Crippen LogP contribution in [-0.4, -0.2) is 29.7 Å². The first-order valence-electron chi connectivity index (χ1n) is 9.74. The Morgan fingerprint density at radius 2 is 1.90 bits per heavy atom. The van der Waals surface area contributed by atoms with Crippen LogP contribution in [-0.2, 0) is 19.9 Å². The van der Waals surface area contributed by atoms with Gasteiger partial charge in [0.2, 0.25) is 0 Å². The number of carbonyl (C=O) groups excluding carboxylic acids is 2. The molecule has 1 aromatic heterocycles. The summed E-state index contributed by atoms with van der Waals surface area (Å²) in [6.45, 7) is 0.677. The summed E-state index contributed by atoms with van der Waals surface area (Å²) >= 11 is 0. The van der Waals surface area contributed by atoms with Crippen LogP contribution >= 0.6 is 0 Å². The summed E-state index contributed by atoms with van der Waals surface area (Å²) in [5, 5.41) is 3.49. The summed E-state index contributed by atoms with van der Waals surface area (Å²) in [5.74, 6) is 0.448. The molecule has 1 heterocycles. The highest BCUT2D eigenvalue weighted by atomic mass is 16.5. The summed E-state index contributed by atoms with van der Waals surface area (Å²) in [6, 6.07) is 13.3. The fourth-order valence-corrected chi connectivity index (χ4v) is 3.72. The predicted molar refractivity (Wildman–Crippen MR) is 111 cm³/mol. The van der Waals surface area contributed by atoms with Crippen molar-refractivity contribution in [2.24, 2.45) is 7.05 Å². The zero-order chi connectivity index (χ0) is 20.2. The van der Waals surface area contributed by atoms with Crippen molar-refractivity contribution < 1.29 is 14.3 Å². The number of hydrogen-bond donors (Lipinski definition) is 3. The van der Waals surface area contributed by atoms with E-state index in [1.807, 2.05) is 41.9 Å². The number of rotatable bonds is 5. The van der Waals surface area contributed by atoms with Crippen LogP contribution in [0.3, 0.4) is 0 Å². The van der Waals surface area contributed by atoms with Crippen LogP contribution in [0.2, 0.25) is 0 Å². The number of hydrogen-bond acceptors (Lipinski definition) is 3. The molecular formula is C22H24N4O3. The molecule has 2 aromatic carbocycles. The van der Waals surface area contributed by atoms with Crippen LogP contribution in [0.4, 0.5) is 4.79 Å². The highest BCUT2D eigenvalue weighted by Gasteiger charge is 2.14. The van der Waals surface area contributed by atoms with Crippen LogP contribution in [0.5, 0.6) is 5.75 Å². The van der Waals surface area contributed by atoms with E-state index in [1.54, 1.807) is 6.20 Å². The lowest BCUT2D eigenvalue weighted by Crippen LogP contribution is -2.47. The van der Waals surface area contributed by atoms with Gasteiger partial charge in [-0.1, -0.05) is 24.3 Å². The van der Waals surface area contributed by atoms with Gasteiger partial charge in [0.05, 0.1) is 12.1 Å². The van der Waals surface area contributed by atoms with Crippen molar-refractivity contribution in [3.05, 3.63) is 65.4 Å². The number of fused-ring (bicyclic) bond motifs is 2. The van der Waals surface area contributed by atoms with Crippen LogP contribution in [0, 0.1) is 0 Å². The molecule has 7 nitrogen and oxygen atoms in total. The van der Waals surface area contributed by atoms with Gasteiger partial charge in [-0.05, 0) is 48.6 Å². The average Bonchev–Trinajstić information content (AvgIpc) is 3.34. The van der Waals surface area contributed by atoms with E-state index in [2.05, 4.69) is 28.3 Å². The Balaban J connectivity index is 1.21. The largest absolute Gasteiger partial charge is 0.492 e. The molecule has 0 radical (unpaired) electrons. The molecule has 0 bridgehead atoms. The highest BCUT2D eigenvalue weighted by molar-refractivity contribution is 6.07. The van der Waals surface area contributed by atoms with E-state index in [0.717, 1.165) is 29.5 Å². The molecule has 3 amide bonds. The second-order valence-electron chi connectivity index (χ2n) is 7.14. The second-order valence-corrected chi connectivity index (χ2v) is 7.14. The van der Waals surface area contributed by atoms with Crippen molar-refractivity contribution in [1.82, 2.24) is 20.7 Å². The predicted octanol–water partition coefficient (Wildman–Crippen LogP) is 2.69. The molecule has 0 spiro atoms. The first kappa shape index (κ1) is 18.9. The number of urea groups is 1. The molecule has 0 saturated heterocycles. The normalized spacial score (nSPS) is 12.4. The molecular weight excluding hydrogens is 368 g/mol. The highest BCUT2D eigenvalue weighted by Crippen LogP contribution is 2.25. The van der Waals surface area contributed by atoms with E-state index < -0.39 is 6.03 Å². The maximum Gasteiger partial charge on any atom is 0.333 e. The van der Waals surface area contributed by atoms with Crippen molar-refractivity contribution in [1.29, 1.82) is 0 Å². The molecule has 0 aliphatic heterocycles. The smallest absolute Gasteiger partial charge is 0.333 e. The molecule has 3 N–H and O–H groups in total. The van der Waals surface area contributed by atoms with Gasteiger partial charge in [-0.15, -0.1) is 0 Å². The topological polar surface area (TPSA) is 84.4 Å². The van der Waals surface area contributed by atoms with Crippen molar-refractivity contribution in [3.8, 4) is 5.75 Å². The lowest BCUT2D eigenvalue weighted by molar-refractivity contribution is 0.0937. The Labute approximate surface area is 169 Å². The van der Waals surface area contributed by atoms with Crippen molar-refractivity contribution in [2.75, 3.05) is 13.2 Å². The fraction of sp³-hybridized carbons (Fsp3) is 0.273. The monoisotopic (exact) mass is 392 g/mol. The molecule has 0 atom stereocenters. The summed E-state index contributed by atoms with van der Waals surface area (Å²) in [7, 11) is 1.88. The number of amides is 3. The summed E-state index contributed by atoms with van der Waals surface area (Å²) in [4.78, 5) is 24.3. The van der Waals surface area contributed by atoms with Gasteiger partial charge in [-0.25, -0.2) is 10.2 Å². The van der Waals surface area contributed by atoms with Gasteiger partial charge in [0.15, 0.2) is 0 Å². The number of aryl methyl sites for hydroxylation is 3. The minimum Gasteiger partial charge on any atom is -0.492 e. The minimum absolute atomic E-state index is 0.326. The van der Waals surface area contributed by atoms with Crippen LogP contribution in [0.15, 0.2) is 48.7 Å². The third kappa shape index (κ3) is 4.18. The van der Waals surface area contributed by atoms with E-state index in [0.29, 0.717) is 18.7 Å². The Kier molecular flexibility index (Phi) is 5.37. The van der Waals surface area contributed by atoms with Gasteiger partial charge >= 0.3 is 6.03 Å². The molecule has 0 fully saturated rings. The van der Waals surface area contributed by atoms with Crippen LogP contribution in [0.1, 0.15) is 27.9 Å². The van der Waals surface area contributed by atoms with Gasteiger partial charge in [-0.2, -0.15) is 0 Å². The van der Waals surface area contributed by atoms with Crippen molar-refractivity contribution in [3.63, 3.8) is 0 Å². The summed E-state index contributed by atoms with van der Waals surface area (Å²) in [6.07, 6.45) is 5.18. The van der Waals surface area contributed by atoms with Gasteiger partial charge < -0.3 is 14.6 Å². The van der Waals surface area contributed by atoms with E-state index in [9.17, 15) is 9.59 Å². The number of nitrogens with one attached hydrogen (secondary N) is 3. The Hall–Kier alpha value is -3.48. The SMILES string of the molecule is Cn1cc(C(=O)NNC(=O)NCCOc2ccc3c(c2)CCC3)c2ccccc21. The summed E-state index contributed by atoms with van der Waals surface area (Å²) in [5.41, 5.74) is 9.01. The number of benzene rings is 2. The molecule has 0 saturated carbocycles. The van der Waals surface area contributed by atoms with E-state index in [4.69, 9.17) is 4.74 Å². The number of hydrazine groups is 1. The number of ether oxygens (including phenoxy) is 1. The second kappa shape index (κ2) is 8.26. The number of nitrogens with zero attached hydrogens (tertiary/aromatic N) is 1. The van der Waals surface area contributed by atoms with Crippen LogP contribution < -0.4 is 20.9 Å². The number of aromatic nitrogens is 1. The molecule has 7 heteroatoms. The maximum absolute atomic E-state index is 12.4. The first-order valence-corrected chi connectivity index (χ1v) is 9.74. The number of carbonyl (C=O) groups is 2. The molecule has 1 aliphatic carbocycles. The summed E-state index contributed by atoms with van der Waals surface area (Å²) < 4.78 is 7.57. The first-order chi connectivity index (χ1) is 14.1. The van der Waals surface area contributed by atoms with Gasteiger partial charge in [0.1, 0.15) is 12.4 Å². The van der Waals surface area contributed by atoms with Gasteiger partial charge in [0.25, 0.3) is 5.91 Å². The van der Waals surface area contributed by atoms with E-state index in [1.165, 1.54) is 17.5 Å². The van der Waals surface area contributed by atoms with E-state index in [-0.39, 0.29) is 5.91 Å². The minimum atomic E-state index is -0.490.